The van der Waals surface area contributed by atoms with E-state index in [9.17, 15) is 0 Å². The van der Waals surface area contributed by atoms with Crippen LogP contribution in [0.2, 0.25) is 0 Å². The summed E-state index contributed by atoms with van der Waals surface area (Å²) in [6.07, 6.45) is 2.70. The summed E-state index contributed by atoms with van der Waals surface area (Å²) in [6, 6.07) is 19.2. The molecule has 0 bridgehead atoms. The number of nitriles is 1. The van der Waals surface area contributed by atoms with E-state index >= 15 is 0 Å². The molecule has 3 rings (SSSR count). The average molecular weight is 245 g/mol. The number of fused-ring (bicyclic) bond motifs is 1. The molecule has 1 nitrogen and oxygen atoms in total. The van der Waals surface area contributed by atoms with Gasteiger partial charge in [-0.3, -0.25) is 0 Å². The van der Waals surface area contributed by atoms with Gasteiger partial charge >= 0.3 is 0 Å². The van der Waals surface area contributed by atoms with Crippen LogP contribution in [-0.4, -0.2) is 0 Å². The maximum Gasteiger partial charge on any atom is 0.0915 e. The first-order chi connectivity index (χ1) is 9.29. The van der Waals surface area contributed by atoms with Crippen molar-refractivity contribution in [1.29, 1.82) is 5.26 Å². The van der Waals surface area contributed by atoms with Crippen molar-refractivity contribution in [1.82, 2.24) is 0 Å². The molecule has 0 spiro atoms. The molecule has 0 amide bonds. The Morgan fingerprint density at radius 2 is 1.95 bits per heavy atom. The highest BCUT2D eigenvalue weighted by Crippen LogP contribution is 2.43. The lowest BCUT2D eigenvalue weighted by molar-refractivity contribution is 0.898. The molecule has 0 saturated carbocycles. The molecule has 0 fully saturated rings. The lowest BCUT2D eigenvalue weighted by Gasteiger charge is -2.12. The van der Waals surface area contributed by atoms with Crippen LogP contribution < -0.4 is 0 Å². The second kappa shape index (κ2) is 4.74. The molecule has 1 aliphatic carbocycles. The van der Waals surface area contributed by atoms with Crippen molar-refractivity contribution in [3.8, 4) is 6.07 Å². The van der Waals surface area contributed by atoms with Gasteiger partial charge in [0, 0.05) is 12.0 Å². The van der Waals surface area contributed by atoms with Gasteiger partial charge in [0.1, 0.15) is 0 Å². The molecule has 2 aromatic rings. The highest BCUT2D eigenvalue weighted by atomic mass is 14.3. The van der Waals surface area contributed by atoms with Gasteiger partial charge in [0.05, 0.1) is 6.07 Å². The Morgan fingerprint density at radius 3 is 2.68 bits per heavy atom. The third kappa shape index (κ3) is 2.06. The number of aryl methyl sites for hydroxylation is 1. The van der Waals surface area contributed by atoms with Crippen LogP contribution in [-0.2, 0) is 6.42 Å². The van der Waals surface area contributed by atoms with Crippen molar-refractivity contribution < 1.29 is 0 Å². The van der Waals surface area contributed by atoms with Gasteiger partial charge in [0.15, 0.2) is 0 Å². The molecule has 0 saturated heterocycles. The van der Waals surface area contributed by atoms with Crippen LogP contribution in [0.5, 0.6) is 0 Å². The molecular formula is C18H15N. The molecule has 0 N–H and O–H groups in total. The molecule has 0 aliphatic heterocycles. The minimum atomic E-state index is 0.317. The highest BCUT2D eigenvalue weighted by molar-refractivity contribution is 5.80. The van der Waals surface area contributed by atoms with Crippen molar-refractivity contribution in [3.63, 3.8) is 0 Å². The Bertz CT molecular complexity index is 675. The lowest BCUT2D eigenvalue weighted by Crippen LogP contribution is -1.96. The molecule has 1 atom stereocenters. The van der Waals surface area contributed by atoms with Crippen molar-refractivity contribution in [3.05, 3.63) is 76.9 Å². The Hall–Kier alpha value is -2.33. The smallest absolute Gasteiger partial charge is 0.0915 e. The monoisotopic (exact) mass is 245 g/mol. The van der Waals surface area contributed by atoms with Gasteiger partial charge in [0.2, 0.25) is 0 Å². The fraction of sp³-hybridized carbons (Fsp3) is 0.167. The fourth-order valence-corrected chi connectivity index (χ4v) is 2.89. The van der Waals surface area contributed by atoms with Crippen molar-refractivity contribution in [2.45, 2.75) is 19.3 Å². The molecule has 0 aromatic heterocycles. The van der Waals surface area contributed by atoms with Gasteiger partial charge in [-0.25, -0.2) is 0 Å². The Kier molecular flexibility index (Phi) is 2.93. The van der Waals surface area contributed by atoms with Crippen molar-refractivity contribution in [2.24, 2.45) is 0 Å². The summed E-state index contributed by atoms with van der Waals surface area (Å²) in [7, 11) is 0. The first-order valence-corrected chi connectivity index (χ1v) is 6.54. The Balaban J connectivity index is 2.11. The van der Waals surface area contributed by atoms with Gasteiger partial charge in [-0.05, 0) is 35.6 Å². The lowest BCUT2D eigenvalue weighted by atomic mass is 9.91. The Labute approximate surface area is 113 Å². The summed E-state index contributed by atoms with van der Waals surface area (Å²) >= 11 is 0. The van der Waals surface area contributed by atoms with Crippen LogP contribution in [0.1, 0.15) is 28.2 Å². The normalized spacial score (nSPS) is 19.2. The van der Waals surface area contributed by atoms with Crippen LogP contribution in [0.25, 0.3) is 5.57 Å². The molecule has 19 heavy (non-hydrogen) atoms. The molecular weight excluding hydrogens is 230 g/mol. The molecule has 0 radical (unpaired) electrons. The van der Waals surface area contributed by atoms with E-state index in [0.717, 1.165) is 12.0 Å². The first kappa shape index (κ1) is 11.7. The summed E-state index contributed by atoms with van der Waals surface area (Å²) in [6.45, 7) is 2.10. The minimum Gasteiger partial charge on any atom is -0.193 e. The van der Waals surface area contributed by atoms with Crippen molar-refractivity contribution >= 4 is 5.57 Å². The van der Waals surface area contributed by atoms with E-state index in [0.29, 0.717) is 5.92 Å². The maximum absolute atomic E-state index is 9.06. The van der Waals surface area contributed by atoms with E-state index < -0.39 is 0 Å². The number of hydrogen-bond acceptors (Lipinski definition) is 1. The van der Waals surface area contributed by atoms with E-state index in [1.54, 1.807) is 6.08 Å². The molecule has 2 aromatic carbocycles. The average Bonchev–Trinajstić information content (AvgIpc) is 2.79. The van der Waals surface area contributed by atoms with Gasteiger partial charge in [-0.1, -0.05) is 54.1 Å². The quantitative estimate of drug-likeness (QED) is 0.689. The number of allylic oxidation sites excluding steroid dienone is 2. The van der Waals surface area contributed by atoms with Crippen molar-refractivity contribution in [2.75, 3.05) is 0 Å². The number of hydrogen-bond donors (Lipinski definition) is 0. The zero-order valence-electron chi connectivity index (χ0n) is 10.9. The van der Waals surface area contributed by atoms with Crippen LogP contribution >= 0.6 is 0 Å². The SMILES string of the molecule is Cc1ccc2c(c1)/C(=C/C#N)C(c1ccccc1)C2. The van der Waals surface area contributed by atoms with E-state index in [2.05, 4.69) is 55.5 Å². The number of nitrogens with zero attached hydrogens (tertiary/aromatic N) is 1. The van der Waals surface area contributed by atoms with E-state index in [1.807, 2.05) is 6.07 Å². The number of benzene rings is 2. The van der Waals surface area contributed by atoms with E-state index in [1.165, 1.54) is 22.3 Å². The standard InChI is InChI=1S/C18H15N/c1-13-7-8-15-12-18(14-5-3-2-4-6-14)16(9-10-19)17(15)11-13/h2-9,11,18H,12H2,1H3/b16-9-. The molecule has 1 heteroatoms. The summed E-state index contributed by atoms with van der Waals surface area (Å²) < 4.78 is 0. The van der Waals surface area contributed by atoms with Gasteiger partial charge < -0.3 is 0 Å². The predicted molar refractivity (Wildman–Crippen MR) is 77.7 cm³/mol. The molecule has 1 unspecified atom stereocenters. The topological polar surface area (TPSA) is 23.8 Å². The predicted octanol–water partition coefficient (Wildman–Crippen LogP) is 4.24. The molecule has 0 heterocycles. The third-order valence-electron chi connectivity index (χ3n) is 3.80. The minimum absolute atomic E-state index is 0.317. The summed E-state index contributed by atoms with van der Waals surface area (Å²) in [4.78, 5) is 0. The summed E-state index contributed by atoms with van der Waals surface area (Å²) in [5.74, 6) is 0.317. The maximum atomic E-state index is 9.06. The third-order valence-corrected chi connectivity index (χ3v) is 3.80. The number of rotatable bonds is 1. The second-order valence-corrected chi connectivity index (χ2v) is 5.06. The largest absolute Gasteiger partial charge is 0.193 e. The first-order valence-electron chi connectivity index (χ1n) is 6.54. The second-order valence-electron chi connectivity index (χ2n) is 5.06. The highest BCUT2D eigenvalue weighted by Gasteiger charge is 2.27. The van der Waals surface area contributed by atoms with E-state index in [-0.39, 0.29) is 0 Å². The zero-order valence-corrected chi connectivity index (χ0v) is 10.9. The van der Waals surface area contributed by atoms with Crippen LogP contribution in [0.4, 0.5) is 0 Å². The van der Waals surface area contributed by atoms with Gasteiger partial charge in [-0.2, -0.15) is 5.26 Å². The Morgan fingerprint density at radius 1 is 1.16 bits per heavy atom. The van der Waals surface area contributed by atoms with Gasteiger partial charge in [-0.15, -0.1) is 0 Å². The van der Waals surface area contributed by atoms with Gasteiger partial charge in [0.25, 0.3) is 0 Å². The van der Waals surface area contributed by atoms with E-state index in [4.69, 9.17) is 5.26 Å². The molecule has 1 aliphatic rings. The summed E-state index contributed by atoms with van der Waals surface area (Å²) in [5, 5.41) is 9.06. The zero-order chi connectivity index (χ0) is 13.2. The summed E-state index contributed by atoms with van der Waals surface area (Å²) in [5.41, 5.74) is 6.29. The fourth-order valence-electron chi connectivity index (χ4n) is 2.89. The van der Waals surface area contributed by atoms with Crippen LogP contribution in [0, 0.1) is 18.3 Å². The van der Waals surface area contributed by atoms with Crippen LogP contribution in [0.3, 0.4) is 0 Å². The molecule has 92 valence electrons. The van der Waals surface area contributed by atoms with Crippen LogP contribution in [0.15, 0.2) is 54.6 Å².